The Labute approximate surface area is 137 Å². The first-order chi connectivity index (χ1) is 11.3. The average molecular weight is 325 g/mol. The number of aromatic nitrogens is 2. The zero-order valence-corrected chi connectivity index (χ0v) is 13.2. The van der Waals surface area contributed by atoms with E-state index >= 15 is 0 Å². The van der Waals surface area contributed by atoms with Gasteiger partial charge in [0.15, 0.2) is 0 Å². The van der Waals surface area contributed by atoms with Gasteiger partial charge in [0.1, 0.15) is 16.5 Å². The predicted molar refractivity (Wildman–Crippen MR) is 86.9 cm³/mol. The van der Waals surface area contributed by atoms with Crippen LogP contribution in [0.2, 0.25) is 0 Å². The predicted octanol–water partition coefficient (Wildman–Crippen LogP) is 3.60. The van der Waals surface area contributed by atoms with Crippen molar-refractivity contribution in [2.45, 2.75) is 25.4 Å². The van der Waals surface area contributed by atoms with E-state index in [0.717, 1.165) is 29.3 Å². The molecule has 0 bridgehead atoms. The fourth-order valence-electron chi connectivity index (χ4n) is 2.45. The average Bonchev–Trinajstić information content (AvgIpc) is 3.10. The van der Waals surface area contributed by atoms with Crippen LogP contribution in [0.25, 0.3) is 10.7 Å². The second-order valence-electron chi connectivity index (χ2n) is 5.50. The van der Waals surface area contributed by atoms with Crippen molar-refractivity contribution in [3.8, 4) is 10.7 Å². The fourth-order valence-corrected chi connectivity index (χ4v) is 3.22. The molecule has 4 rings (SSSR count). The van der Waals surface area contributed by atoms with Crippen LogP contribution in [0, 0.1) is 0 Å². The second-order valence-corrected chi connectivity index (χ2v) is 6.35. The first kappa shape index (κ1) is 14.1. The third-order valence-corrected chi connectivity index (χ3v) is 4.63. The SMILES string of the molecule is O=C(c1csc(-c2ccccn2)n1)N(Cc1ccco1)C1CC1. The summed E-state index contributed by atoms with van der Waals surface area (Å²) in [7, 11) is 0. The van der Waals surface area contributed by atoms with E-state index in [9.17, 15) is 4.79 Å². The Morgan fingerprint density at radius 2 is 2.22 bits per heavy atom. The van der Waals surface area contributed by atoms with Crippen LogP contribution in [0.4, 0.5) is 0 Å². The van der Waals surface area contributed by atoms with Crippen molar-refractivity contribution < 1.29 is 9.21 Å². The molecule has 116 valence electrons. The minimum absolute atomic E-state index is 0.0395. The highest BCUT2D eigenvalue weighted by molar-refractivity contribution is 7.13. The highest BCUT2D eigenvalue weighted by Crippen LogP contribution is 2.31. The summed E-state index contributed by atoms with van der Waals surface area (Å²) in [5, 5.41) is 2.58. The van der Waals surface area contributed by atoms with Gasteiger partial charge in [0.2, 0.25) is 0 Å². The van der Waals surface area contributed by atoms with Crippen LogP contribution in [0.15, 0.2) is 52.6 Å². The minimum atomic E-state index is -0.0395. The van der Waals surface area contributed by atoms with Crippen molar-refractivity contribution in [3.05, 3.63) is 59.6 Å². The molecule has 0 radical (unpaired) electrons. The van der Waals surface area contributed by atoms with Gasteiger partial charge in [-0.15, -0.1) is 11.3 Å². The number of carbonyl (C=O) groups excluding carboxylic acids is 1. The molecule has 0 aromatic carbocycles. The van der Waals surface area contributed by atoms with Crippen molar-refractivity contribution in [3.63, 3.8) is 0 Å². The summed E-state index contributed by atoms with van der Waals surface area (Å²) in [6, 6.07) is 9.71. The van der Waals surface area contributed by atoms with Crippen molar-refractivity contribution in [2.75, 3.05) is 0 Å². The fraction of sp³-hybridized carbons (Fsp3) is 0.235. The molecule has 0 aliphatic heterocycles. The lowest BCUT2D eigenvalue weighted by Crippen LogP contribution is -2.32. The van der Waals surface area contributed by atoms with Crippen LogP contribution in [0.3, 0.4) is 0 Å². The molecule has 5 nitrogen and oxygen atoms in total. The van der Waals surface area contributed by atoms with Gasteiger partial charge in [0, 0.05) is 17.6 Å². The standard InChI is InChI=1S/C17H15N3O2S/c21-17(20(12-6-7-12)10-13-4-3-9-22-13)15-11-23-16(19-15)14-5-1-2-8-18-14/h1-5,8-9,11-12H,6-7,10H2. The first-order valence-electron chi connectivity index (χ1n) is 7.51. The maximum atomic E-state index is 12.8. The van der Waals surface area contributed by atoms with Gasteiger partial charge in [-0.05, 0) is 37.1 Å². The molecular weight excluding hydrogens is 310 g/mol. The molecule has 23 heavy (non-hydrogen) atoms. The van der Waals surface area contributed by atoms with Gasteiger partial charge < -0.3 is 9.32 Å². The zero-order valence-electron chi connectivity index (χ0n) is 12.4. The van der Waals surface area contributed by atoms with E-state index in [0.29, 0.717) is 18.3 Å². The number of carbonyl (C=O) groups is 1. The number of amides is 1. The van der Waals surface area contributed by atoms with Gasteiger partial charge in [-0.3, -0.25) is 9.78 Å². The molecule has 3 aromatic rings. The summed E-state index contributed by atoms with van der Waals surface area (Å²) in [6.07, 6.45) is 5.45. The smallest absolute Gasteiger partial charge is 0.274 e. The molecule has 0 atom stereocenters. The molecule has 3 heterocycles. The van der Waals surface area contributed by atoms with Crippen LogP contribution in [0.1, 0.15) is 29.1 Å². The first-order valence-corrected chi connectivity index (χ1v) is 8.39. The Bertz CT molecular complexity index is 794. The highest BCUT2D eigenvalue weighted by Gasteiger charge is 2.34. The van der Waals surface area contributed by atoms with E-state index in [1.165, 1.54) is 11.3 Å². The number of furan rings is 1. The monoisotopic (exact) mass is 325 g/mol. The normalized spacial score (nSPS) is 13.9. The van der Waals surface area contributed by atoms with Crippen LogP contribution < -0.4 is 0 Å². The second kappa shape index (κ2) is 5.96. The molecule has 0 saturated heterocycles. The van der Waals surface area contributed by atoms with E-state index in [1.54, 1.807) is 12.5 Å². The molecule has 1 fully saturated rings. The molecule has 0 unspecified atom stereocenters. The van der Waals surface area contributed by atoms with E-state index in [4.69, 9.17) is 4.42 Å². The summed E-state index contributed by atoms with van der Waals surface area (Å²) in [4.78, 5) is 23.4. The summed E-state index contributed by atoms with van der Waals surface area (Å²) in [5.74, 6) is 0.757. The van der Waals surface area contributed by atoms with Crippen LogP contribution in [-0.2, 0) is 6.54 Å². The van der Waals surface area contributed by atoms with Crippen molar-refractivity contribution >= 4 is 17.2 Å². The maximum Gasteiger partial charge on any atom is 0.274 e. The number of nitrogens with zero attached hydrogens (tertiary/aromatic N) is 3. The zero-order chi connectivity index (χ0) is 15.6. The Balaban J connectivity index is 1.56. The van der Waals surface area contributed by atoms with E-state index in [1.807, 2.05) is 40.6 Å². The lowest BCUT2D eigenvalue weighted by Gasteiger charge is -2.20. The van der Waals surface area contributed by atoms with Gasteiger partial charge in [0.05, 0.1) is 18.5 Å². The van der Waals surface area contributed by atoms with Crippen LogP contribution in [-0.4, -0.2) is 26.8 Å². The summed E-state index contributed by atoms with van der Waals surface area (Å²) >= 11 is 1.44. The number of hydrogen-bond acceptors (Lipinski definition) is 5. The Morgan fingerprint density at radius 3 is 2.91 bits per heavy atom. The quantitative estimate of drug-likeness (QED) is 0.719. The molecule has 0 N–H and O–H groups in total. The highest BCUT2D eigenvalue weighted by atomic mass is 32.1. The van der Waals surface area contributed by atoms with Gasteiger partial charge in [-0.2, -0.15) is 0 Å². The third-order valence-electron chi connectivity index (χ3n) is 3.76. The van der Waals surface area contributed by atoms with E-state index in [2.05, 4.69) is 9.97 Å². The summed E-state index contributed by atoms with van der Waals surface area (Å²) < 4.78 is 5.38. The van der Waals surface area contributed by atoms with Gasteiger partial charge in [-0.25, -0.2) is 4.98 Å². The van der Waals surface area contributed by atoms with Crippen molar-refractivity contribution in [2.24, 2.45) is 0 Å². The molecule has 0 spiro atoms. The van der Waals surface area contributed by atoms with Gasteiger partial charge in [-0.1, -0.05) is 6.07 Å². The Hall–Kier alpha value is -2.47. The minimum Gasteiger partial charge on any atom is -0.467 e. The Morgan fingerprint density at radius 1 is 1.30 bits per heavy atom. The topological polar surface area (TPSA) is 59.2 Å². The summed E-state index contributed by atoms with van der Waals surface area (Å²) in [6.45, 7) is 0.493. The number of hydrogen-bond donors (Lipinski definition) is 0. The molecular formula is C17H15N3O2S. The number of pyridine rings is 1. The Kier molecular flexibility index (Phi) is 3.67. The van der Waals surface area contributed by atoms with E-state index in [-0.39, 0.29) is 5.91 Å². The van der Waals surface area contributed by atoms with Crippen LogP contribution in [0.5, 0.6) is 0 Å². The molecule has 6 heteroatoms. The maximum absolute atomic E-state index is 12.8. The lowest BCUT2D eigenvalue weighted by molar-refractivity contribution is 0.0712. The van der Waals surface area contributed by atoms with Gasteiger partial charge >= 0.3 is 0 Å². The van der Waals surface area contributed by atoms with Gasteiger partial charge in [0.25, 0.3) is 5.91 Å². The van der Waals surface area contributed by atoms with E-state index < -0.39 is 0 Å². The van der Waals surface area contributed by atoms with Crippen molar-refractivity contribution in [1.82, 2.24) is 14.9 Å². The molecule has 1 aliphatic rings. The number of rotatable bonds is 5. The molecule has 3 aromatic heterocycles. The lowest BCUT2D eigenvalue weighted by atomic mass is 10.3. The number of thiazole rings is 1. The van der Waals surface area contributed by atoms with Crippen LogP contribution >= 0.6 is 11.3 Å². The van der Waals surface area contributed by atoms with Crippen molar-refractivity contribution in [1.29, 1.82) is 0 Å². The largest absolute Gasteiger partial charge is 0.467 e. The molecule has 1 saturated carbocycles. The molecule has 1 amide bonds. The molecule has 1 aliphatic carbocycles. The summed E-state index contributed by atoms with van der Waals surface area (Å²) in [5.41, 5.74) is 1.27. The third kappa shape index (κ3) is 3.03.